The van der Waals surface area contributed by atoms with Crippen molar-refractivity contribution in [3.05, 3.63) is 12.2 Å². The molecule has 3 nitrogen and oxygen atoms in total. The summed E-state index contributed by atoms with van der Waals surface area (Å²) in [6.45, 7) is 3.80. The van der Waals surface area contributed by atoms with Crippen molar-refractivity contribution >= 4 is 17.7 Å². The minimum atomic E-state index is 0.185. The molecule has 0 bridgehead atoms. The summed E-state index contributed by atoms with van der Waals surface area (Å²) in [6.07, 6.45) is 11.5. The second-order valence-corrected chi connectivity index (χ2v) is 7.56. The van der Waals surface area contributed by atoms with E-state index in [0.717, 1.165) is 25.9 Å². The molecule has 2 aliphatic rings. The fraction of sp³-hybridized carbons (Fsp3) is 0.824. The van der Waals surface area contributed by atoms with Gasteiger partial charge in [0.05, 0.1) is 6.10 Å². The van der Waals surface area contributed by atoms with Crippen LogP contribution >= 0.6 is 11.8 Å². The first kappa shape index (κ1) is 16.9. The third kappa shape index (κ3) is 5.33. The van der Waals surface area contributed by atoms with Gasteiger partial charge in [-0.05, 0) is 56.8 Å². The zero-order valence-corrected chi connectivity index (χ0v) is 14.2. The highest BCUT2D eigenvalue weighted by Crippen LogP contribution is 2.28. The van der Waals surface area contributed by atoms with E-state index in [1.54, 1.807) is 7.11 Å². The van der Waals surface area contributed by atoms with Crippen LogP contribution in [0.2, 0.25) is 0 Å². The third-order valence-electron chi connectivity index (χ3n) is 4.65. The van der Waals surface area contributed by atoms with E-state index < -0.39 is 0 Å². The molecule has 0 aromatic heterocycles. The van der Waals surface area contributed by atoms with Crippen molar-refractivity contribution < 1.29 is 9.53 Å². The molecular weight excluding hydrogens is 282 g/mol. The molecular formula is C17H29NO2S. The van der Waals surface area contributed by atoms with Crippen LogP contribution in [0.3, 0.4) is 0 Å². The molecule has 1 amide bonds. The number of carbonyl (C=O) groups is 1. The maximum Gasteiger partial charge on any atom is 0.246 e. The summed E-state index contributed by atoms with van der Waals surface area (Å²) in [5.74, 6) is 1.95. The van der Waals surface area contributed by atoms with Crippen LogP contribution in [0.5, 0.6) is 0 Å². The minimum Gasteiger partial charge on any atom is -0.381 e. The van der Waals surface area contributed by atoms with Crippen LogP contribution in [0.4, 0.5) is 0 Å². The van der Waals surface area contributed by atoms with E-state index in [2.05, 4.69) is 13.0 Å². The van der Waals surface area contributed by atoms with Crippen LogP contribution in [0, 0.1) is 5.92 Å². The van der Waals surface area contributed by atoms with Crippen LogP contribution < -0.4 is 0 Å². The van der Waals surface area contributed by atoms with Gasteiger partial charge in [-0.1, -0.05) is 12.5 Å². The molecule has 120 valence electrons. The summed E-state index contributed by atoms with van der Waals surface area (Å²) in [5, 5.41) is 0.648. The lowest BCUT2D eigenvalue weighted by Crippen LogP contribution is -2.34. The van der Waals surface area contributed by atoms with Crippen LogP contribution in [0.15, 0.2) is 12.2 Å². The van der Waals surface area contributed by atoms with Crippen molar-refractivity contribution in [1.29, 1.82) is 0 Å². The normalized spacial score (nSPS) is 29.9. The van der Waals surface area contributed by atoms with Crippen LogP contribution in [0.1, 0.15) is 45.4 Å². The Morgan fingerprint density at radius 3 is 2.86 bits per heavy atom. The molecule has 1 saturated heterocycles. The lowest BCUT2D eigenvalue weighted by Gasteiger charge is -2.26. The van der Waals surface area contributed by atoms with Gasteiger partial charge < -0.3 is 9.64 Å². The molecule has 21 heavy (non-hydrogen) atoms. The van der Waals surface area contributed by atoms with Crippen molar-refractivity contribution in [2.45, 2.75) is 56.8 Å². The zero-order chi connectivity index (χ0) is 15.1. The van der Waals surface area contributed by atoms with Gasteiger partial charge in [0.15, 0.2) is 0 Å². The number of hydrogen-bond donors (Lipinski definition) is 0. The standard InChI is InChI=1S/C17H29NO2S/c1-3-18(13-16-8-5-11-21-16)17(19)10-9-14-6-4-7-15(12-14)20-2/h9-10,14-16H,3-8,11-13H2,1-2H3/b10-9+. The first-order valence-electron chi connectivity index (χ1n) is 8.34. The number of allylic oxidation sites excluding steroid dienone is 1. The predicted molar refractivity (Wildman–Crippen MR) is 89.6 cm³/mol. The van der Waals surface area contributed by atoms with E-state index in [9.17, 15) is 4.79 Å². The first-order chi connectivity index (χ1) is 10.2. The van der Waals surface area contributed by atoms with E-state index in [0.29, 0.717) is 17.3 Å². The Hall–Kier alpha value is -0.480. The lowest BCUT2D eigenvalue weighted by molar-refractivity contribution is -0.125. The van der Waals surface area contributed by atoms with Gasteiger partial charge in [-0.25, -0.2) is 0 Å². The molecule has 1 aliphatic carbocycles. The number of amides is 1. The maximum atomic E-state index is 12.4. The highest BCUT2D eigenvalue weighted by Gasteiger charge is 2.22. The number of likely N-dealkylation sites (N-methyl/N-ethyl adjacent to an activating group) is 1. The molecule has 0 aromatic rings. The maximum absolute atomic E-state index is 12.4. The molecule has 1 saturated carbocycles. The molecule has 2 fully saturated rings. The quantitative estimate of drug-likeness (QED) is 0.703. The number of carbonyl (C=O) groups excluding carboxylic acids is 1. The third-order valence-corrected chi connectivity index (χ3v) is 6.03. The fourth-order valence-corrected chi connectivity index (χ4v) is 4.59. The number of thioether (sulfide) groups is 1. The van der Waals surface area contributed by atoms with Crippen molar-refractivity contribution in [2.75, 3.05) is 26.0 Å². The van der Waals surface area contributed by atoms with Gasteiger partial charge in [-0.2, -0.15) is 11.8 Å². The SMILES string of the molecule is CCN(CC1CCCS1)C(=O)/C=C/C1CCCC(OC)C1. The molecule has 1 heterocycles. The van der Waals surface area contributed by atoms with Crippen molar-refractivity contribution in [2.24, 2.45) is 5.92 Å². The van der Waals surface area contributed by atoms with Gasteiger partial charge >= 0.3 is 0 Å². The monoisotopic (exact) mass is 311 g/mol. The van der Waals surface area contributed by atoms with Crippen molar-refractivity contribution in [3.63, 3.8) is 0 Å². The average molecular weight is 311 g/mol. The van der Waals surface area contributed by atoms with E-state index in [1.165, 1.54) is 31.4 Å². The summed E-state index contributed by atoms with van der Waals surface area (Å²) in [7, 11) is 1.79. The van der Waals surface area contributed by atoms with Gasteiger partial charge in [0.25, 0.3) is 0 Å². The van der Waals surface area contributed by atoms with E-state index >= 15 is 0 Å². The Morgan fingerprint density at radius 1 is 1.33 bits per heavy atom. The van der Waals surface area contributed by atoms with Gasteiger partial charge in [-0.15, -0.1) is 0 Å². The van der Waals surface area contributed by atoms with Gasteiger partial charge in [0, 0.05) is 25.4 Å². The van der Waals surface area contributed by atoms with E-state index in [-0.39, 0.29) is 5.91 Å². The largest absolute Gasteiger partial charge is 0.381 e. The summed E-state index contributed by atoms with van der Waals surface area (Å²) >= 11 is 2.02. The van der Waals surface area contributed by atoms with E-state index in [4.69, 9.17) is 4.74 Å². The molecule has 3 atom stereocenters. The predicted octanol–water partition coefficient (Wildman–Crippen LogP) is 3.49. The number of methoxy groups -OCH3 is 1. The average Bonchev–Trinajstić information content (AvgIpc) is 3.03. The fourth-order valence-electron chi connectivity index (χ4n) is 3.30. The first-order valence-corrected chi connectivity index (χ1v) is 9.39. The Balaban J connectivity index is 1.81. The van der Waals surface area contributed by atoms with Crippen LogP contribution in [0.25, 0.3) is 0 Å². The second kappa shape index (κ2) is 8.84. The molecule has 0 N–H and O–H groups in total. The molecule has 0 aromatic carbocycles. The lowest BCUT2D eigenvalue weighted by atomic mass is 9.87. The summed E-state index contributed by atoms with van der Waals surface area (Å²) in [5.41, 5.74) is 0. The smallest absolute Gasteiger partial charge is 0.246 e. The molecule has 0 radical (unpaired) electrons. The van der Waals surface area contributed by atoms with Crippen molar-refractivity contribution in [3.8, 4) is 0 Å². The molecule has 1 aliphatic heterocycles. The highest BCUT2D eigenvalue weighted by atomic mass is 32.2. The summed E-state index contributed by atoms with van der Waals surface area (Å²) in [4.78, 5) is 14.4. The Labute approximate surface area is 133 Å². The summed E-state index contributed by atoms with van der Waals surface area (Å²) in [6, 6.07) is 0. The highest BCUT2D eigenvalue weighted by molar-refractivity contribution is 8.00. The minimum absolute atomic E-state index is 0.185. The second-order valence-electron chi connectivity index (χ2n) is 6.16. The number of rotatable bonds is 6. The van der Waals surface area contributed by atoms with E-state index in [1.807, 2.05) is 22.7 Å². The number of nitrogens with zero attached hydrogens (tertiary/aromatic N) is 1. The van der Waals surface area contributed by atoms with Gasteiger partial charge in [-0.3, -0.25) is 4.79 Å². The topological polar surface area (TPSA) is 29.5 Å². The Kier molecular flexibility index (Phi) is 7.11. The van der Waals surface area contributed by atoms with Gasteiger partial charge in [0.1, 0.15) is 0 Å². The van der Waals surface area contributed by atoms with Crippen LogP contribution in [-0.4, -0.2) is 48.1 Å². The Bertz CT molecular complexity index is 353. The number of hydrogen-bond acceptors (Lipinski definition) is 3. The number of ether oxygens (including phenoxy) is 1. The summed E-state index contributed by atoms with van der Waals surface area (Å²) < 4.78 is 5.45. The zero-order valence-electron chi connectivity index (χ0n) is 13.4. The van der Waals surface area contributed by atoms with Crippen molar-refractivity contribution in [1.82, 2.24) is 4.90 Å². The van der Waals surface area contributed by atoms with Gasteiger partial charge in [0.2, 0.25) is 5.91 Å². The van der Waals surface area contributed by atoms with Crippen LogP contribution in [-0.2, 0) is 9.53 Å². The Morgan fingerprint density at radius 2 is 2.19 bits per heavy atom. The molecule has 2 rings (SSSR count). The molecule has 4 heteroatoms. The molecule has 0 spiro atoms. The molecule has 3 unspecified atom stereocenters.